The normalized spacial score (nSPS) is 12.2. The molecule has 0 aromatic heterocycles. The van der Waals surface area contributed by atoms with E-state index in [1.54, 1.807) is 0 Å². The highest BCUT2D eigenvalue weighted by Gasteiger charge is 1.95. The van der Waals surface area contributed by atoms with E-state index in [0.29, 0.717) is 0 Å². The van der Waals surface area contributed by atoms with E-state index in [0.717, 1.165) is 0 Å². The van der Waals surface area contributed by atoms with Crippen LogP contribution in [0.3, 0.4) is 0 Å². The minimum atomic E-state index is -2.86. The van der Waals surface area contributed by atoms with Crippen LogP contribution in [0.5, 0.6) is 0 Å². The van der Waals surface area contributed by atoms with Crippen molar-refractivity contribution in [2.45, 2.75) is 6.43 Å². The van der Waals surface area contributed by atoms with E-state index in [1.165, 1.54) is 0 Å². The number of rotatable bonds is 1. The highest BCUT2D eigenvalue weighted by atomic mass is 32.2. The van der Waals surface area contributed by atoms with Gasteiger partial charge >= 0.3 is 0 Å². The predicted octanol–water partition coefficient (Wildman–Crippen LogP) is 0.560. The maximum absolute atomic E-state index is 10.4. The van der Waals surface area contributed by atoms with E-state index in [1.807, 2.05) is 0 Å². The molecule has 0 rings (SSSR count). The first-order chi connectivity index (χ1) is 4.00. The second kappa shape index (κ2) is 7.86. The van der Waals surface area contributed by atoms with Crippen LogP contribution in [0.15, 0.2) is 0 Å². The Morgan fingerprint density at radius 1 is 1.67 bits per heavy atom. The third-order valence-corrected chi connectivity index (χ3v) is 0.117. The third-order valence-electron chi connectivity index (χ3n) is 0.117. The molecule has 0 fully saturated rings. The topological polar surface area (TPSA) is 60.4 Å². The monoisotopic (exact) mass is 165 g/mol. The minimum Gasteiger partial charge on any atom is -0.750 e. The van der Waals surface area contributed by atoms with Crippen molar-refractivity contribution in [3.05, 3.63) is 0 Å². The average molecular weight is 165 g/mol. The van der Waals surface area contributed by atoms with Gasteiger partial charge in [-0.05, 0) is 0 Å². The zero-order valence-corrected chi connectivity index (χ0v) is 4.91. The van der Waals surface area contributed by atoms with Crippen molar-refractivity contribution in [2.75, 3.05) is 6.67 Å². The van der Waals surface area contributed by atoms with E-state index < -0.39 is 24.5 Å². The van der Waals surface area contributed by atoms with Gasteiger partial charge in [0.15, 0.2) is 6.67 Å². The summed E-state index contributed by atoms with van der Waals surface area (Å²) in [6.07, 6.45) is -2.78. The van der Waals surface area contributed by atoms with Crippen molar-refractivity contribution >= 4 is 11.4 Å². The molecule has 0 radical (unpaired) electrons. The summed E-state index contributed by atoms with van der Waals surface area (Å²) in [5.41, 5.74) is 0. The van der Waals surface area contributed by atoms with Gasteiger partial charge < -0.3 is 9.11 Å². The van der Waals surface area contributed by atoms with Crippen molar-refractivity contribution in [1.82, 2.24) is 0 Å². The van der Waals surface area contributed by atoms with Crippen LogP contribution in [0.2, 0.25) is 0 Å². The molecule has 9 heavy (non-hydrogen) atoms. The van der Waals surface area contributed by atoms with Crippen molar-refractivity contribution in [1.29, 1.82) is 0 Å². The van der Waals surface area contributed by atoms with Crippen molar-refractivity contribution in [3.63, 3.8) is 0 Å². The minimum absolute atomic E-state index is 1.53. The summed E-state index contributed by atoms with van der Waals surface area (Å²) in [5.74, 6) is 0. The largest absolute Gasteiger partial charge is 0.750 e. The summed E-state index contributed by atoms with van der Waals surface area (Å²) < 4.78 is 55.2. The zero-order valence-electron chi connectivity index (χ0n) is 4.09. The summed E-state index contributed by atoms with van der Waals surface area (Å²) in [7, 11) is 0. The third kappa shape index (κ3) is 78.0. The van der Waals surface area contributed by atoms with Gasteiger partial charge in [0, 0.05) is 0 Å². The lowest BCUT2D eigenvalue weighted by Crippen LogP contribution is -1.88. The zero-order chi connectivity index (χ0) is 7.86. The van der Waals surface area contributed by atoms with Crippen LogP contribution < -0.4 is 0 Å². The van der Waals surface area contributed by atoms with Crippen LogP contribution in [0.1, 0.15) is 0 Å². The summed E-state index contributed by atoms with van der Waals surface area (Å²) in [6, 6.07) is 0. The van der Waals surface area contributed by atoms with Crippen LogP contribution >= 0.6 is 0 Å². The van der Waals surface area contributed by atoms with Gasteiger partial charge in [-0.25, -0.2) is 17.4 Å². The van der Waals surface area contributed by atoms with Gasteiger partial charge in [-0.3, -0.25) is 0 Å². The first-order valence-corrected chi connectivity index (χ1v) is 2.66. The number of hydrogen-bond acceptors (Lipinski definition) is 2. The van der Waals surface area contributed by atoms with Crippen molar-refractivity contribution in [2.24, 2.45) is 0 Å². The summed E-state index contributed by atoms with van der Waals surface area (Å²) in [4.78, 5) is 0. The molecule has 0 spiro atoms. The Morgan fingerprint density at radius 3 is 1.78 bits per heavy atom. The average Bonchev–Trinajstić information content (AvgIpc) is 1.65. The van der Waals surface area contributed by atoms with E-state index in [9.17, 15) is 13.2 Å². The molecule has 58 valence electrons. The molecular formula is C2H4F3O3S-. The summed E-state index contributed by atoms with van der Waals surface area (Å²) >= 11 is -2.86. The molecule has 0 aliphatic heterocycles. The molecule has 3 nitrogen and oxygen atoms in total. The molecule has 7 heteroatoms. The van der Waals surface area contributed by atoms with Gasteiger partial charge in [0.2, 0.25) is 0 Å². The molecule has 1 unspecified atom stereocenters. The van der Waals surface area contributed by atoms with Gasteiger partial charge in [0.25, 0.3) is 6.43 Å². The summed E-state index contributed by atoms with van der Waals surface area (Å²) in [5, 5.41) is 0. The standard InChI is InChI=1S/C2H3F3.H2O3S/c3-1-2(4)5;1-4(2)3/h2H,1H2;(H2,1,2,3)/p-1. The maximum Gasteiger partial charge on any atom is 0.266 e. The van der Waals surface area contributed by atoms with Crippen LogP contribution in [0, 0.1) is 0 Å². The molecule has 1 N–H and O–H groups in total. The maximum atomic E-state index is 10.4. The highest BCUT2D eigenvalue weighted by Crippen LogP contribution is 1.88. The van der Waals surface area contributed by atoms with E-state index in [4.69, 9.17) is 13.3 Å². The number of hydrogen-bond donors (Lipinski definition) is 1. The Morgan fingerprint density at radius 2 is 1.78 bits per heavy atom. The molecule has 0 bridgehead atoms. The fourth-order valence-corrected chi connectivity index (χ4v) is 0. The summed E-state index contributed by atoms with van der Waals surface area (Å²) in [6.45, 7) is -1.53. The molecule has 0 heterocycles. The molecule has 0 aromatic carbocycles. The molecule has 0 aromatic rings. The smallest absolute Gasteiger partial charge is 0.266 e. The van der Waals surface area contributed by atoms with Crippen LogP contribution in [-0.2, 0) is 11.4 Å². The number of alkyl halides is 3. The molecule has 0 saturated carbocycles. The van der Waals surface area contributed by atoms with Gasteiger partial charge in [-0.1, -0.05) is 0 Å². The first-order valence-electron chi connectivity index (χ1n) is 1.63. The Hall–Kier alpha value is -0.140. The van der Waals surface area contributed by atoms with E-state index in [-0.39, 0.29) is 0 Å². The lowest BCUT2D eigenvalue weighted by molar-refractivity contribution is 0.113. The fraction of sp³-hybridized carbons (Fsp3) is 1.00. The second-order valence-corrected chi connectivity index (χ2v) is 1.20. The number of halogens is 3. The van der Waals surface area contributed by atoms with Crippen molar-refractivity contribution in [3.8, 4) is 0 Å². The van der Waals surface area contributed by atoms with Gasteiger partial charge in [-0.15, -0.1) is 0 Å². The SMILES string of the molecule is FCC(F)F.O=S([O-])O. The second-order valence-electron chi connectivity index (χ2n) is 0.763. The Bertz CT molecular complexity index is 73.5. The predicted molar refractivity (Wildman–Crippen MR) is 23.5 cm³/mol. The van der Waals surface area contributed by atoms with Crippen LogP contribution in [-0.4, -0.2) is 26.4 Å². The van der Waals surface area contributed by atoms with Crippen molar-refractivity contribution < 1.29 is 26.5 Å². The Kier molecular flexibility index (Phi) is 10.2. The lowest BCUT2D eigenvalue weighted by atomic mass is 10.8. The van der Waals surface area contributed by atoms with Gasteiger partial charge in [-0.2, -0.15) is 0 Å². The molecular weight excluding hydrogens is 161 g/mol. The molecule has 1 atom stereocenters. The van der Waals surface area contributed by atoms with E-state index >= 15 is 0 Å². The first kappa shape index (κ1) is 11.6. The van der Waals surface area contributed by atoms with Gasteiger partial charge in [0.05, 0.1) is 11.4 Å². The quantitative estimate of drug-likeness (QED) is 0.577. The molecule has 0 amide bonds. The molecule has 0 aliphatic carbocycles. The van der Waals surface area contributed by atoms with E-state index in [2.05, 4.69) is 0 Å². The Balaban J connectivity index is 0. The molecule has 0 saturated heterocycles. The lowest BCUT2D eigenvalue weighted by Gasteiger charge is -1.83. The van der Waals surface area contributed by atoms with Crippen LogP contribution in [0.25, 0.3) is 0 Å². The highest BCUT2D eigenvalue weighted by molar-refractivity contribution is 7.73. The molecule has 0 aliphatic rings. The fourth-order valence-electron chi connectivity index (χ4n) is 0. The van der Waals surface area contributed by atoms with Crippen LogP contribution in [0.4, 0.5) is 13.2 Å². The van der Waals surface area contributed by atoms with Gasteiger partial charge in [0.1, 0.15) is 0 Å². The Labute approximate surface area is 52.0 Å².